The van der Waals surface area contributed by atoms with E-state index in [9.17, 15) is 4.79 Å². The third kappa shape index (κ3) is 3.67. The van der Waals surface area contributed by atoms with Gasteiger partial charge in [-0.2, -0.15) is 0 Å². The summed E-state index contributed by atoms with van der Waals surface area (Å²) in [6, 6.07) is 4.15. The zero-order chi connectivity index (χ0) is 13.9. The highest BCUT2D eigenvalue weighted by Crippen LogP contribution is 2.35. The highest BCUT2D eigenvalue weighted by molar-refractivity contribution is 5.85. The smallest absolute Gasteiger partial charge is 0.228 e. The molecule has 0 spiro atoms. The minimum Gasteiger partial charge on any atom is -0.397 e. The number of nitrogens with zero attached hydrogens (tertiary/aromatic N) is 2. The Balaban J connectivity index is 0.00000161. The Labute approximate surface area is 132 Å². The van der Waals surface area contributed by atoms with Crippen LogP contribution in [0, 0.1) is 5.92 Å². The van der Waals surface area contributed by atoms with Crippen LogP contribution >= 0.6 is 12.4 Å². The molecule has 1 saturated heterocycles. The summed E-state index contributed by atoms with van der Waals surface area (Å²) in [7, 11) is 0. The normalized spacial score (nSPS) is 22.3. The monoisotopic (exact) mass is 309 g/mol. The minimum absolute atomic E-state index is 0. The molecule has 0 aromatic carbocycles. The Morgan fingerprint density at radius 3 is 2.67 bits per heavy atom. The zero-order valence-corrected chi connectivity index (χ0v) is 13.1. The molecular formula is C16H24ClN3O. The van der Waals surface area contributed by atoms with Gasteiger partial charge in [-0.3, -0.25) is 9.78 Å². The largest absolute Gasteiger partial charge is 0.397 e. The van der Waals surface area contributed by atoms with E-state index in [0.29, 0.717) is 18.2 Å². The summed E-state index contributed by atoms with van der Waals surface area (Å²) >= 11 is 0. The van der Waals surface area contributed by atoms with Crippen LogP contribution in [0.5, 0.6) is 0 Å². The number of pyridine rings is 1. The Hall–Kier alpha value is -1.29. The molecule has 3 rings (SSSR count). The van der Waals surface area contributed by atoms with Gasteiger partial charge in [0.1, 0.15) is 0 Å². The molecule has 0 radical (unpaired) electrons. The lowest BCUT2D eigenvalue weighted by molar-refractivity contribution is -0.132. The second-order valence-electron chi connectivity index (χ2n) is 6.10. The first-order chi connectivity index (χ1) is 9.74. The van der Waals surface area contributed by atoms with Crippen molar-refractivity contribution in [1.29, 1.82) is 0 Å². The van der Waals surface area contributed by atoms with Gasteiger partial charge in [-0.1, -0.05) is 12.8 Å². The van der Waals surface area contributed by atoms with E-state index in [1.54, 1.807) is 6.20 Å². The van der Waals surface area contributed by atoms with Crippen LogP contribution in [0.3, 0.4) is 0 Å². The van der Waals surface area contributed by atoms with Crippen molar-refractivity contribution in [3.05, 3.63) is 24.0 Å². The number of anilines is 1. The quantitative estimate of drug-likeness (QED) is 0.934. The number of aromatic nitrogens is 1. The second kappa shape index (κ2) is 7.12. The third-order valence-corrected chi connectivity index (χ3v) is 4.74. The van der Waals surface area contributed by atoms with Crippen LogP contribution in [-0.2, 0) is 11.2 Å². The minimum atomic E-state index is 0. The average Bonchev–Trinajstić information content (AvgIpc) is 3.11. The van der Waals surface area contributed by atoms with Gasteiger partial charge < -0.3 is 10.6 Å². The first-order valence-corrected chi connectivity index (χ1v) is 7.74. The average molecular weight is 310 g/mol. The Bertz CT molecular complexity index is 471. The summed E-state index contributed by atoms with van der Waals surface area (Å²) in [5.41, 5.74) is 7.09. The Morgan fingerprint density at radius 2 is 2.00 bits per heavy atom. The molecule has 1 atom stereocenters. The van der Waals surface area contributed by atoms with Gasteiger partial charge in [0.2, 0.25) is 5.91 Å². The van der Waals surface area contributed by atoms with E-state index in [1.165, 1.54) is 32.1 Å². The molecule has 1 aliphatic carbocycles. The van der Waals surface area contributed by atoms with Gasteiger partial charge in [0.05, 0.1) is 18.3 Å². The summed E-state index contributed by atoms with van der Waals surface area (Å²) < 4.78 is 0. The highest BCUT2D eigenvalue weighted by atomic mass is 35.5. The maximum absolute atomic E-state index is 12.5. The Morgan fingerprint density at radius 1 is 1.24 bits per heavy atom. The SMILES string of the molecule is Cl.Nc1ccc(CC(=O)N2CCCC2C2CCCC2)nc1. The number of nitrogen functional groups attached to an aromatic ring is 1. The van der Waals surface area contributed by atoms with Crippen molar-refractivity contribution in [3.8, 4) is 0 Å². The van der Waals surface area contributed by atoms with E-state index in [0.717, 1.165) is 24.6 Å². The molecule has 1 amide bonds. The van der Waals surface area contributed by atoms with Crippen molar-refractivity contribution in [2.75, 3.05) is 12.3 Å². The van der Waals surface area contributed by atoms with Gasteiger partial charge >= 0.3 is 0 Å². The second-order valence-corrected chi connectivity index (χ2v) is 6.10. The lowest BCUT2D eigenvalue weighted by atomic mass is 9.96. The van der Waals surface area contributed by atoms with Gasteiger partial charge in [0.15, 0.2) is 0 Å². The highest BCUT2D eigenvalue weighted by Gasteiger charge is 2.35. The first kappa shape index (κ1) is 16.1. The molecule has 2 heterocycles. The van der Waals surface area contributed by atoms with Crippen LogP contribution in [-0.4, -0.2) is 28.4 Å². The number of likely N-dealkylation sites (tertiary alicyclic amines) is 1. The molecule has 21 heavy (non-hydrogen) atoms. The van der Waals surface area contributed by atoms with E-state index < -0.39 is 0 Å². The molecule has 2 fully saturated rings. The lowest BCUT2D eigenvalue weighted by Gasteiger charge is -2.29. The van der Waals surface area contributed by atoms with Gasteiger partial charge in [0, 0.05) is 18.3 Å². The number of hydrogen-bond acceptors (Lipinski definition) is 3. The van der Waals surface area contributed by atoms with Crippen molar-refractivity contribution in [3.63, 3.8) is 0 Å². The van der Waals surface area contributed by atoms with Crippen molar-refractivity contribution < 1.29 is 4.79 Å². The van der Waals surface area contributed by atoms with Gasteiger partial charge in [-0.25, -0.2) is 0 Å². The molecule has 116 valence electrons. The van der Waals surface area contributed by atoms with Crippen molar-refractivity contribution >= 4 is 24.0 Å². The third-order valence-electron chi connectivity index (χ3n) is 4.74. The molecule has 1 unspecified atom stereocenters. The summed E-state index contributed by atoms with van der Waals surface area (Å²) in [5.74, 6) is 0.970. The van der Waals surface area contributed by atoms with Gasteiger partial charge in [-0.05, 0) is 43.7 Å². The molecule has 4 nitrogen and oxygen atoms in total. The molecule has 1 aromatic heterocycles. The molecule has 2 N–H and O–H groups in total. The molecule has 5 heteroatoms. The van der Waals surface area contributed by atoms with E-state index in [2.05, 4.69) is 9.88 Å². The van der Waals surface area contributed by atoms with Crippen LogP contribution in [0.1, 0.15) is 44.2 Å². The fraction of sp³-hybridized carbons (Fsp3) is 0.625. The molecule has 1 aromatic rings. The number of amides is 1. The number of hydrogen-bond donors (Lipinski definition) is 1. The summed E-state index contributed by atoms with van der Waals surface area (Å²) in [6.45, 7) is 0.926. The maximum atomic E-state index is 12.5. The Kier molecular flexibility index (Phi) is 5.45. The summed E-state index contributed by atoms with van der Waals surface area (Å²) in [5, 5.41) is 0. The van der Waals surface area contributed by atoms with E-state index in [-0.39, 0.29) is 18.3 Å². The number of halogens is 1. The van der Waals surface area contributed by atoms with Crippen LogP contribution in [0.15, 0.2) is 18.3 Å². The first-order valence-electron chi connectivity index (χ1n) is 7.74. The molecule has 1 saturated carbocycles. The fourth-order valence-electron chi connectivity index (χ4n) is 3.73. The molecule has 0 bridgehead atoms. The van der Waals surface area contributed by atoms with Crippen LogP contribution in [0.2, 0.25) is 0 Å². The topological polar surface area (TPSA) is 59.2 Å². The fourth-order valence-corrected chi connectivity index (χ4v) is 3.73. The van der Waals surface area contributed by atoms with Crippen molar-refractivity contribution in [1.82, 2.24) is 9.88 Å². The maximum Gasteiger partial charge on any atom is 0.228 e. The van der Waals surface area contributed by atoms with Crippen LogP contribution in [0.25, 0.3) is 0 Å². The molecule has 2 aliphatic rings. The van der Waals surface area contributed by atoms with Crippen molar-refractivity contribution in [2.24, 2.45) is 5.92 Å². The number of nitrogens with two attached hydrogens (primary N) is 1. The predicted octanol–water partition coefficient (Wildman–Crippen LogP) is 2.81. The van der Waals surface area contributed by atoms with Crippen LogP contribution in [0.4, 0.5) is 5.69 Å². The van der Waals surface area contributed by atoms with Gasteiger partial charge in [-0.15, -0.1) is 12.4 Å². The summed E-state index contributed by atoms with van der Waals surface area (Å²) in [4.78, 5) is 18.9. The number of carbonyl (C=O) groups is 1. The van der Waals surface area contributed by atoms with Gasteiger partial charge in [0.25, 0.3) is 0 Å². The van der Waals surface area contributed by atoms with Crippen LogP contribution < -0.4 is 5.73 Å². The number of rotatable bonds is 3. The van der Waals surface area contributed by atoms with E-state index in [4.69, 9.17) is 5.73 Å². The standard InChI is InChI=1S/C16H23N3O.ClH/c17-13-7-8-14(18-11-13)10-16(20)19-9-3-6-15(19)12-4-1-2-5-12;/h7-8,11-12,15H,1-6,9-10,17H2;1H. The molecular weight excluding hydrogens is 286 g/mol. The number of carbonyl (C=O) groups excluding carboxylic acids is 1. The lowest BCUT2D eigenvalue weighted by Crippen LogP contribution is -2.40. The summed E-state index contributed by atoms with van der Waals surface area (Å²) in [6.07, 6.45) is 9.65. The predicted molar refractivity (Wildman–Crippen MR) is 86.3 cm³/mol. The van der Waals surface area contributed by atoms with Crippen molar-refractivity contribution in [2.45, 2.75) is 51.0 Å². The molecule has 1 aliphatic heterocycles. The van der Waals surface area contributed by atoms with E-state index in [1.807, 2.05) is 12.1 Å². The zero-order valence-electron chi connectivity index (χ0n) is 12.3. The van der Waals surface area contributed by atoms with E-state index >= 15 is 0 Å².